The second kappa shape index (κ2) is 68.9. The quantitative estimate of drug-likeness (QED) is 0.614. The zero-order valence-corrected chi connectivity index (χ0v) is 9.10. The fourth-order valence-electron chi connectivity index (χ4n) is 0. The predicted molar refractivity (Wildman–Crippen MR) is 10.1 cm³/mol. The monoisotopic (exact) mass is 359 g/mol. The van der Waals surface area contributed by atoms with E-state index in [2.05, 4.69) is 0 Å². The molecule has 46 valence electrons. The van der Waals surface area contributed by atoms with E-state index in [1.54, 1.807) is 0 Å². The second-order valence-corrected chi connectivity index (χ2v) is 0. The van der Waals surface area contributed by atoms with Gasteiger partial charge in [0.1, 0.15) is 0 Å². The Morgan fingerprint density at radius 1 is 0.429 bits per heavy atom. The summed E-state index contributed by atoms with van der Waals surface area (Å²) in [4.78, 5) is 0. The van der Waals surface area contributed by atoms with Gasteiger partial charge in [-0.3, -0.25) is 0 Å². The maximum absolute atomic E-state index is 0. The van der Waals surface area contributed by atoms with Gasteiger partial charge in [-0.25, -0.2) is 0 Å². The summed E-state index contributed by atoms with van der Waals surface area (Å²) in [7, 11) is 0. The molecule has 0 aromatic heterocycles. The molecule has 0 atom stereocenters. The van der Waals surface area contributed by atoms with Gasteiger partial charge in [0.15, 0.2) is 0 Å². The molecule has 7 heavy (non-hydrogen) atoms. The molecule has 0 N–H and O–H groups in total. The number of nitrogens with zero attached hydrogens (tertiary/aromatic N) is 3. The predicted octanol–water partition coefficient (Wildman–Crippen LogP) is 0.859. The van der Waals surface area contributed by atoms with Crippen molar-refractivity contribution in [3.8, 4) is 0 Å². The Morgan fingerprint density at radius 2 is 0.429 bits per heavy atom. The van der Waals surface area contributed by atoms with Crippen LogP contribution in [0.15, 0.2) is 0 Å². The van der Waals surface area contributed by atoms with E-state index in [9.17, 15) is 0 Å². The molecule has 0 saturated heterocycles. The van der Waals surface area contributed by atoms with Crippen LogP contribution >= 0.6 is 0 Å². The minimum atomic E-state index is 0. The van der Waals surface area contributed by atoms with Crippen LogP contribution < -0.4 is 0 Å². The van der Waals surface area contributed by atoms with Crippen LogP contribution in [0.3, 0.4) is 0 Å². The molecule has 0 aromatic carbocycles. The molecule has 0 rings (SSSR count). The minimum Gasteiger partial charge on any atom is -3.00 e. The van der Waals surface area contributed by atoms with Gasteiger partial charge in [0.05, 0.1) is 0 Å². The topological polar surface area (TPSA) is 91.5 Å². The Balaban J connectivity index is 0. The van der Waals surface area contributed by atoms with Crippen LogP contribution in [0.5, 0.6) is 0 Å². The van der Waals surface area contributed by atoms with Gasteiger partial charge >= 0.3 is 92.1 Å². The van der Waals surface area contributed by atoms with Crippen LogP contribution in [0.2, 0.25) is 0 Å². The number of rotatable bonds is 0. The summed E-state index contributed by atoms with van der Waals surface area (Å²) in [6.45, 7) is 0. The van der Waals surface area contributed by atoms with Gasteiger partial charge < -0.3 is 18.5 Å². The SMILES string of the molecule is [Ce+3].[Co+2].[Co+2].[Co+2].[N-3].[N-3].[N-3]. The Kier molecular flexibility index (Phi) is 961. The first-order valence-corrected chi connectivity index (χ1v) is 0. The van der Waals surface area contributed by atoms with E-state index in [1.165, 1.54) is 0 Å². The maximum atomic E-state index is 0. The molecule has 0 aliphatic heterocycles. The average Bonchev–Trinajstić information content (AvgIpc) is 0. The van der Waals surface area contributed by atoms with Crippen molar-refractivity contribution in [1.82, 2.24) is 0 Å². The van der Waals surface area contributed by atoms with Crippen LogP contribution in [0.4, 0.5) is 0 Å². The van der Waals surface area contributed by atoms with Crippen molar-refractivity contribution >= 4 is 0 Å². The molecule has 3 nitrogen and oxygen atoms in total. The maximum Gasteiger partial charge on any atom is 3.00 e. The van der Waals surface area contributed by atoms with Crippen LogP contribution in [0.25, 0.3) is 18.5 Å². The van der Waals surface area contributed by atoms with Crippen molar-refractivity contribution in [1.29, 1.82) is 0 Å². The second-order valence-electron chi connectivity index (χ2n) is 0. The van der Waals surface area contributed by atoms with Crippen molar-refractivity contribution in [2.75, 3.05) is 0 Å². The molecule has 0 aromatic rings. The molecule has 0 saturated carbocycles. The summed E-state index contributed by atoms with van der Waals surface area (Å²) in [6.07, 6.45) is 0. The van der Waals surface area contributed by atoms with Gasteiger partial charge in [-0.15, -0.1) is 0 Å². The van der Waals surface area contributed by atoms with E-state index in [4.69, 9.17) is 0 Å². The van der Waals surface area contributed by atoms with Gasteiger partial charge in [0.2, 0.25) is 0 Å². The first kappa shape index (κ1) is 97.7. The van der Waals surface area contributed by atoms with Gasteiger partial charge in [0.25, 0.3) is 0 Å². The van der Waals surface area contributed by atoms with Crippen molar-refractivity contribution in [2.45, 2.75) is 0 Å². The third-order valence-corrected chi connectivity index (χ3v) is 0. The molecule has 4 radical (unpaired) electrons. The molecule has 0 amide bonds. The number of hydrogen-bond acceptors (Lipinski definition) is 0. The van der Waals surface area contributed by atoms with Crippen LogP contribution in [0, 0.1) is 41.7 Å². The molecule has 0 bridgehead atoms. The number of hydrogen-bond donors (Lipinski definition) is 0. The zero-order valence-electron chi connectivity index (χ0n) is 2.84. The van der Waals surface area contributed by atoms with E-state index in [0.29, 0.717) is 0 Å². The van der Waals surface area contributed by atoms with E-state index in [-0.39, 0.29) is 111 Å². The summed E-state index contributed by atoms with van der Waals surface area (Å²) in [5.41, 5.74) is 0. The third-order valence-electron chi connectivity index (χ3n) is 0. The summed E-state index contributed by atoms with van der Waals surface area (Å²) in [5, 5.41) is 0. The van der Waals surface area contributed by atoms with Crippen molar-refractivity contribution in [2.24, 2.45) is 0 Å². The Morgan fingerprint density at radius 3 is 0.429 bits per heavy atom. The van der Waals surface area contributed by atoms with Crippen LogP contribution in [-0.2, 0) is 50.3 Å². The molecule has 0 heterocycles. The van der Waals surface area contributed by atoms with E-state index >= 15 is 0 Å². The van der Waals surface area contributed by atoms with E-state index < -0.39 is 0 Å². The molecule has 0 unspecified atom stereocenters. The smallest absolute Gasteiger partial charge is 3.00 e. The Labute approximate surface area is 109 Å². The first-order chi connectivity index (χ1) is 0. The van der Waals surface area contributed by atoms with Gasteiger partial charge in [0, 0.05) is 0 Å². The van der Waals surface area contributed by atoms with Gasteiger partial charge in [-0.1, -0.05) is 0 Å². The normalized spacial score (nSPS) is 0. The first-order valence-electron chi connectivity index (χ1n) is 0. The molecular formula is CeCo3N3. The molecule has 0 fully saturated rings. The van der Waals surface area contributed by atoms with Crippen molar-refractivity contribution in [3.05, 3.63) is 18.5 Å². The zero-order chi connectivity index (χ0) is 0. The van der Waals surface area contributed by atoms with Gasteiger partial charge in [-0.2, -0.15) is 0 Å². The van der Waals surface area contributed by atoms with Crippen molar-refractivity contribution in [3.63, 3.8) is 0 Å². The minimum absolute atomic E-state index is 0. The van der Waals surface area contributed by atoms with Crippen LogP contribution in [-0.4, -0.2) is 0 Å². The summed E-state index contributed by atoms with van der Waals surface area (Å²) in [6, 6.07) is 0. The summed E-state index contributed by atoms with van der Waals surface area (Å²) < 4.78 is 0. The molecule has 0 aliphatic rings. The van der Waals surface area contributed by atoms with Gasteiger partial charge in [-0.05, 0) is 0 Å². The van der Waals surface area contributed by atoms with E-state index in [0.717, 1.165) is 0 Å². The largest absolute Gasteiger partial charge is 3.00 e. The fraction of sp³-hybridized carbons (Fsp3) is 0. The molecule has 0 aliphatic carbocycles. The third kappa shape index (κ3) is 52.3. The van der Waals surface area contributed by atoms with Crippen molar-refractivity contribution < 1.29 is 92.1 Å². The molecular weight excluding hydrogens is 359 g/mol. The Hall–Kier alpha value is 2.78. The molecule has 0 spiro atoms. The summed E-state index contributed by atoms with van der Waals surface area (Å²) in [5.74, 6) is 0. The molecule has 7 heteroatoms. The standard InChI is InChI=1S/Ce.3Co.3N/q+3;3*+2;3*-3. The van der Waals surface area contributed by atoms with E-state index in [1.807, 2.05) is 0 Å². The average molecular weight is 359 g/mol. The van der Waals surface area contributed by atoms with Crippen LogP contribution in [0.1, 0.15) is 0 Å². The summed E-state index contributed by atoms with van der Waals surface area (Å²) >= 11 is 0. The Bertz CT molecular complexity index is 10.1. The fourth-order valence-corrected chi connectivity index (χ4v) is 0.